The third-order valence-electron chi connectivity index (χ3n) is 4.16. The first-order valence-corrected chi connectivity index (χ1v) is 7.48. The Kier molecular flexibility index (Phi) is 4.03. The molecule has 3 rings (SSSR count). The number of nitrogens with two attached hydrogens (primary N) is 1. The smallest absolute Gasteiger partial charge is 0.250 e. The zero-order chi connectivity index (χ0) is 14.9. The summed E-state index contributed by atoms with van der Waals surface area (Å²) in [5.41, 5.74) is 6.72. The quantitative estimate of drug-likeness (QED) is 0.867. The van der Waals surface area contributed by atoms with Gasteiger partial charge in [-0.3, -0.25) is 4.90 Å². The second kappa shape index (κ2) is 5.81. The van der Waals surface area contributed by atoms with E-state index in [2.05, 4.69) is 15.3 Å². The van der Waals surface area contributed by atoms with E-state index in [9.17, 15) is 8.78 Å². The SMILES string of the molecule is NCC(c1cnc(NC2CC2)nc1)N1CCC(F)(F)CC1. The Balaban J connectivity index is 1.64. The van der Waals surface area contributed by atoms with E-state index < -0.39 is 5.92 Å². The fourth-order valence-corrected chi connectivity index (χ4v) is 2.65. The van der Waals surface area contributed by atoms with Crippen molar-refractivity contribution in [1.82, 2.24) is 14.9 Å². The van der Waals surface area contributed by atoms with Gasteiger partial charge in [0.05, 0.1) is 6.04 Å². The maximum Gasteiger partial charge on any atom is 0.250 e. The third-order valence-corrected chi connectivity index (χ3v) is 4.16. The predicted molar refractivity (Wildman–Crippen MR) is 76.2 cm³/mol. The van der Waals surface area contributed by atoms with E-state index in [1.807, 2.05) is 4.90 Å². The van der Waals surface area contributed by atoms with Crippen LogP contribution in [0.2, 0.25) is 0 Å². The summed E-state index contributed by atoms with van der Waals surface area (Å²) in [5.74, 6) is -1.91. The first kappa shape index (κ1) is 14.6. The Hall–Kier alpha value is -1.34. The molecule has 1 atom stereocenters. The van der Waals surface area contributed by atoms with Crippen LogP contribution in [0, 0.1) is 0 Å². The van der Waals surface area contributed by atoms with Crippen LogP contribution in [-0.4, -0.2) is 46.5 Å². The summed E-state index contributed by atoms with van der Waals surface area (Å²) < 4.78 is 26.5. The number of alkyl halides is 2. The Labute approximate surface area is 122 Å². The van der Waals surface area contributed by atoms with Gasteiger partial charge in [0.2, 0.25) is 5.95 Å². The normalized spacial score (nSPS) is 23.8. The van der Waals surface area contributed by atoms with Gasteiger partial charge in [-0.2, -0.15) is 0 Å². The van der Waals surface area contributed by atoms with Crippen LogP contribution in [-0.2, 0) is 0 Å². The topological polar surface area (TPSA) is 67.1 Å². The third kappa shape index (κ3) is 3.65. The molecule has 1 aliphatic heterocycles. The molecule has 0 radical (unpaired) electrons. The van der Waals surface area contributed by atoms with Gasteiger partial charge >= 0.3 is 0 Å². The molecule has 1 aliphatic carbocycles. The number of halogens is 2. The van der Waals surface area contributed by atoms with E-state index in [-0.39, 0.29) is 18.9 Å². The van der Waals surface area contributed by atoms with Crippen LogP contribution in [0.1, 0.15) is 37.3 Å². The summed E-state index contributed by atoms with van der Waals surface area (Å²) in [5, 5.41) is 3.22. The van der Waals surface area contributed by atoms with E-state index in [1.165, 1.54) is 12.8 Å². The highest BCUT2D eigenvalue weighted by molar-refractivity contribution is 5.29. The molecule has 0 amide bonds. The van der Waals surface area contributed by atoms with E-state index in [1.54, 1.807) is 12.4 Å². The van der Waals surface area contributed by atoms with Gasteiger partial charge in [-0.05, 0) is 12.8 Å². The Morgan fingerprint density at radius 3 is 2.43 bits per heavy atom. The molecule has 0 spiro atoms. The van der Waals surface area contributed by atoms with Crippen LogP contribution in [0.4, 0.5) is 14.7 Å². The molecular formula is C14H21F2N5. The molecule has 1 saturated carbocycles. The molecule has 1 unspecified atom stereocenters. The highest BCUT2D eigenvalue weighted by atomic mass is 19.3. The number of rotatable bonds is 5. The van der Waals surface area contributed by atoms with E-state index >= 15 is 0 Å². The predicted octanol–water partition coefficient (Wildman–Crippen LogP) is 1.78. The average molecular weight is 297 g/mol. The lowest BCUT2D eigenvalue weighted by Crippen LogP contribution is -2.43. The molecule has 2 aliphatic rings. The molecule has 3 N–H and O–H groups in total. The molecule has 2 heterocycles. The van der Waals surface area contributed by atoms with Crippen molar-refractivity contribution in [2.75, 3.05) is 25.0 Å². The molecule has 0 bridgehead atoms. The van der Waals surface area contributed by atoms with Crippen molar-refractivity contribution in [3.63, 3.8) is 0 Å². The maximum atomic E-state index is 13.2. The van der Waals surface area contributed by atoms with Crippen LogP contribution in [0.3, 0.4) is 0 Å². The van der Waals surface area contributed by atoms with Gasteiger partial charge in [-0.25, -0.2) is 18.7 Å². The Morgan fingerprint density at radius 2 is 1.90 bits per heavy atom. The number of anilines is 1. The van der Waals surface area contributed by atoms with Crippen LogP contribution < -0.4 is 11.1 Å². The van der Waals surface area contributed by atoms with Gasteiger partial charge in [0.25, 0.3) is 5.92 Å². The van der Waals surface area contributed by atoms with Crippen molar-refractivity contribution in [3.05, 3.63) is 18.0 Å². The molecule has 0 aromatic carbocycles. The van der Waals surface area contributed by atoms with Crippen molar-refractivity contribution in [2.24, 2.45) is 5.73 Å². The zero-order valence-corrected chi connectivity index (χ0v) is 11.9. The van der Waals surface area contributed by atoms with Crippen molar-refractivity contribution in [2.45, 2.75) is 43.7 Å². The first-order chi connectivity index (χ1) is 10.1. The lowest BCUT2D eigenvalue weighted by Gasteiger charge is -2.36. The Morgan fingerprint density at radius 1 is 1.29 bits per heavy atom. The molecule has 1 aromatic heterocycles. The molecule has 5 nitrogen and oxygen atoms in total. The Bertz CT molecular complexity index is 465. The maximum absolute atomic E-state index is 13.2. The van der Waals surface area contributed by atoms with Gasteiger partial charge in [0.15, 0.2) is 0 Å². The van der Waals surface area contributed by atoms with E-state index in [4.69, 9.17) is 5.73 Å². The number of nitrogens with one attached hydrogen (secondary N) is 1. The van der Waals surface area contributed by atoms with Crippen molar-refractivity contribution in [1.29, 1.82) is 0 Å². The molecule has 21 heavy (non-hydrogen) atoms. The number of likely N-dealkylation sites (tertiary alicyclic amines) is 1. The van der Waals surface area contributed by atoms with Gasteiger partial charge < -0.3 is 11.1 Å². The van der Waals surface area contributed by atoms with Crippen LogP contribution in [0.25, 0.3) is 0 Å². The lowest BCUT2D eigenvalue weighted by molar-refractivity contribution is -0.0627. The summed E-state index contributed by atoms with van der Waals surface area (Å²) in [6.07, 6.45) is 5.62. The largest absolute Gasteiger partial charge is 0.351 e. The molecule has 1 aromatic rings. The molecule has 1 saturated heterocycles. The molecule has 7 heteroatoms. The number of aromatic nitrogens is 2. The minimum absolute atomic E-state index is 0.0870. The van der Waals surface area contributed by atoms with Crippen molar-refractivity contribution < 1.29 is 8.78 Å². The van der Waals surface area contributed by atoms with Crippen LogP contribution in [0.15, 0.2) is 12.4 Å². The number of piperidine rings is 1. The van der Waals surface area contributed by atoms with Gasteiger partial charge in [0.1, 0.15) is 0 Å². The highest BCUT2D eigenvalue weighted by Gasteiger charge is 2.36. The highest BCUT2D eigenvalue weighted by Crippen LogP contribution is 2.32. The number of nitrogens with zero attached hydrogens (tertiary/aromatic N) is 3. The second-order valence-corrected chi connectivity index (χ2v) is 5.90. The summed E-state index contributed by atoms with van der Waals surface area (Å²) in [6.45, 7) is 1.10. The van der Waals surface area contributed by atoms with Crippen molar-refractivity contribution in [3.8, 4) is 0 Å². The zero-order valence-electron chi connectivity index (χ0n) is 11.9. The number of hydrogen-bond acceptors (Lipinski definition) is 5. The first-order valence-electron chi connectivity index (χ1n) is 7.48. The van der Waals surface area contributed by atoms with Gasteiger partial charge in [-0.1, -0.05) is 0 Å². The average Bonchev–Trinajstić information content (AvgIpc) is 3.27. The summed E-state index contributed by atoms with van der Waals surface area (Å²) in [4.78, 5) is 10.6. The standard InChI is InChI=1S/C14H21F2N5/c15-14(16)3-5-21(6-4-14)12(7-17)10-8-18-13(19-9-10)20-11-1-2-11/h8-9,11-12H,1-7,17H2,(H,18,19,20). The van der Waals surface area contributed by atoms with Gasteiger partial charge in [-0.15, -0.1) is 0 Å². The summed E-state index contributed by atoms with van der Waals surface area (Å²) in [6, 6.07) is 0.418. The summed E-state index contributed by atoms with van der Waals surface area (Å²) in [7, 11) is 0. The molecule has 2 fully saturated rings. The van der Waals surface area contributed by atoms with Crippen molar-refractivity contribution >= 4 is 5.95 Å². The fourth-order valence-electron chi connectivity index (χ4n) is 2.65. The van der Waals surface area contributed by atoms with Crippen LogP contribution in [0.5, 0.6) is 0 Å². The minimum atomic E-state index is -2.54. The molecule has 116 valence electrons. The van der Waals surface area contributed by atoms with Gasteiger partial charge in [0, 0.05) is 56.5 Å². The molecular weight excluding hydrogens is 276 g/mol. The van der Waals surface area contributed by atoms with Crippen LogP contribution >= 0.6 is 0 Å². The van der Waals surface area contributed by atoms with E-state index in [0.29, 0.717) is 31.6 Å². The minimum Gasteiger partial charge on any atom is -0.351 e. The lowest BCUT2D eigenvalue weighted by atomic mass is 10.0. The summed E-state index contributed by atoms with van der Waals surface area (Å²) >= 11 is 0. The number of hydrogen-bond donors (Lipinski definition) is 2. The second-order valence-electron chi connectivity index (χ2n) is 5.90. The van der Waals surface area contributed by atoms with E-state index in [0.717, 1.165) is 5.56 Å². The monoisotopic (exact) mass is 297 g/mol. The fraction of sp³-hybridized carbons (Fsp3) is 0.714.